The van der Waals surface area contributed by atoms with Crippen LogP contribution in [0.3, 0.4) is 0 Å². The average molecular weight is 446 g/mol. The van der Waals surface area contributed by atoms with E-state index in [9.17, 15) is 17.6 Å². The lowest BCUT2D eigenvalue weighted by molar-refractivity contribution is -0.137. The van der Waals surface area contributed by atoms with Gasteiger partial charge in [-0.2, -0.15) is 18.2 Å². The first kappa shape index (κ1) is 24.2. The van der Waals surface area contributed by atoms with Crippen molar-refractivity contribution in [3.63, 3.8) is 0 Å². The lowest BCUT2D eigenvalue weighted by Gasteiger charge is -2.33. The molecule has 0 amide bonds. The predicted octanol–water partition coefficient (Wildman–Crippen LogP) is 5.87. The summed E-state index contributed by atoms with van der Waals surface area (Å²) in [5.41, 5.74) is -0.786. The van der Waals surface area contributed by atoms with Gasteiger partial charge in [0.1, 0.15) is 17.2 Å². The van der Waals surface area contributed by atoms with Gasteiger partial charge in [0.05, 0.1) is 5.69 Å². The molecule has 5 nitrogen and oxygen atoms in total. The van der Waals surface area contributed by atoms with Gasteiger partial charge in [0.2, 0.25) is 5.95 Å². The van der Waals surface area contributed by atoms with E-state index >= 15 is 0 Å². The van der Waals surface area contributed by atoms with Crippen LogP contribution >= 0.6 is 11.9 Å². The maximum absolute atomic E-state index is 14.3. The summed E-state index contributed by atoms with van der Waals surface area (Å²) in [6.07, 6.45) is -2.04. The van der Waals surface area contributed by atoms with Crippen LogP contribution < -0.4 is 14.9 Å². The molecule has 3 rings (SSSR count). The molecular weight excluding hydrogens is 418 g/mol. The van der Waals surface area contributed by atoms with E-state index in [4.69, 9.17) is 0 Å². The molecule has 1 aliphatic heterocycles. The highest BCUT2D eigenvalue weighted by Crippen LogP contribution is 2.37. The number of rotatable bonds is 5. The minimum Gasteiger partial charge on any atom is -0.356 e. The van der Waals surface area contributed by atoms with E-state index in [1.807, 2.05) is 20.8 Å². The normalized spacial score (nSPS) is 16.7. The SMILES string of the molecule is CC.CNSc1ccc(Nc2ncc(C(F)(F)F)c(N3CCCC(C)C3)n2)c(F)c1. The van der Waals surface area contributed by atoms with Gasteiger partial charge in [0.15, 0.2) is 0 Å². The second-order valence-electron chi connectivity index (χ2n) is 6.69. The van der Waals surface area contributed by atoms with Gasteiger partial charge in [-0.15, -0.1) is 0 Å². The molecule has 1 aliphatic rings. The summed E-state index contributed by atoms with van der Waals surface area (Å²) in [4.78, 5) is 10.2. The first-order valence-electron chi connectivity index (χ1n) is 9.87. The maximum atomic E-state index is 14.3. The highest BCUT2D eigenvalue weighted by atomic mass is 32.2. The minimum atomic E-state index is -4.56. The predicted molar refractivity (Wildman–Crippen MR) is 114 cm³/mol. The van der Waals surface area contributed by atoms with Crippen LogP contribution in [0.2, 0.25) is 0 Å². The van der Waals surface area contributed by atoms with Gasteiger partial charge in [0, 0.05) is 24.2 Å². The fraction of sp³-hybridized carbons (Fsp3) is 0.500. The maximum Gasteiger partial charge on any atom is 0.421 e. The third-order valence-corrected chi connectivity index (χ3v) is 5.13. The fourth-order valence-corrected chi connectivity index (χ4v) is 3.69. The lowest BCUT2D eigenvalue weighted by Crippen LogP contribution is -2.36. The van der Waals surface area contributed by atoms with E-state index in [1.54, 1.807) is 18.0 Å². The van der Waals surface area contributed by atoms with Crippen molar-refractivity contribution in [2.45, 2.75) is 44.7 Å². The van der Waals surface area contributed by atoms with Crippen molar-refractivity contribution in [2.75, 3.05) is 30.4 Å². The van der Waals surface area contributed by atoms with Crippen LogP contribution in [0.1, 0.15) is 39.2 Å². The van der Waals surface area contributed by atoms with E-state index in [-0.39, 0.29) is 23.4 Å². The quantitative estimate of drug-likeness (QED) is 0.444. The van der Waals surface area contributed by atoms with E-state index in [0.717, 1.165) is 19.0 Å². The molecule has 166 valence electrons. The second-order valence-corrected chi connectivity index (χ2v) is 7.78. The van der Waals surface area contributed by atoms with Crippen LogP contribution in [0.5, 0.6) is 0 Å². The number of nitrogens with zero attached hydrogens (tertiary/aromatic N) is 3. The summed E-state index contributed by atoms with van der Waals surface area (Å²) in [6, 6.07) is 4.50. The van der Waals surface area contributed by atoms with E-state index in [2.05, 4.69) is 20.0 Å². The zero-order valence-electron chi connectivity index (χ0n) is 17.5. The Morgan fingerprint density at radius 1 is 1.23 bits per heavy atom. The van der Waals surface area contributed by atoms with Gasteiger partial charge in [-0.3, -0.25) is 4.72 Å². The molecule has 1 saturated heterocycles. The third-order valence-electron chi connectivity index (χ3n) is 4.44. The second kappa shape index (κ2) is 10.8. The molecule has 0 radical (unpaired) electrons. The topological polar surface area (TPSA) is 53.1 Å². The molecule has 1 atom stereocenters. The van der Waals surface area contributed by atoms with Crippen molar-refractivity contribution in [1.29, 1.82) is 0 Å². The first-order chi connectivity index (χ1) is 14.3. The molecule has 2 heterocycles. The van der Waals surface area contributed by atoms with Crippen molar-refractivity contribution in [3.8, 4) is 0 Å². The molecule has 2 aromatic rings. The highest BCUT2D eigenvalue weighted by Gasteiger charge is 2.37. The van der Waals surface area contributed by atoms with Gasteiger partial charge in [-0.25, -0.2) is 9.37 Å². The van der Waals surface area contributed by atoms with Crippen molar-refractivity contribution < 1.29 is 17.6 Å². The Kier molecular flexibility index (Phi) is 8.72. The Bertz CT molecular complexity index is 831. The molecule has 1 unspecified atom stereocenters. The van der Waals surface area contributed by atoms with Gasteiger partial charge >= 0.3 is 6.18 Å². The molecule has 1 aromatic carbocycles. The van der Waals surface area contributed by atoms with E-state index in [0.29, 0.717) is 18.0 Å². The zero-order valence-corrected chi connectivity index (χ0v) is 18.3. The van der Waals surface area contributed by atoms with Crippen LogP contribution in [-0.2, 0) is 6.18 Å². The molecule has 0 saturated carbocycles. The summed E-state index contributed by atoms with van der Waals surface area (Å²) in [5, 5.41) is 2.69. The first-order valence-corrected chi connectivity index (χ1v) is 10.7. The van der Waals surface area contributed by atoms with Crippen molar-refractivity contribution >= 4 is 29.4 Å². The molecule has 30 heavy (non-hydrogen) atoms. The van der Waals surface area contributed by atoms with Gasteiger partial charge in [-0.05, 0) is 56.0 Å². The molecule has 0 spiro atoms. The number of benzene rings is 1. The lowest BCUT2D eigenvalue weighted by atomic mass is 10.00. The molecule has 1 fully saturated rings. The highest BCUT2D eigenvalue weighted by molar-refractivity contribution is 7.97. The number of anilines is 3. The Morgan fingerprint density at radius 3 is 2.57 bits per heavy atom. The largest absolute Gasteiger partial charge is 0.421 e. The summed E-state index contributed by atoms with van der Waals surface area (Å²) in [7, 11) is 1.72. The monoisotopic (exact) mass is 445 g/mol. The van der Waals surface area contributed by atoms with Gasteiger partial charge in [0.25, 0.3) is 0 Å². The summed E-state index contributed by atoms with van der Waals surface area (Å²) in [5.74, 6) is -0.513. The number of hydrogen-bond acceptors (Lipinski definition) is 6. The Labute approximate surface area is 178 Å². The summed E-state index contributed by atoms with van der Waals surface area (Å²) in [6.45, 7) is 6.98. The molecule has 10 heteroatoms. The third kappa shape index (κ3) is 6.21. The molecule has 0 bridgehead atoms. The van der Waals surface area contributed by atoms with Gasteiger partial charge < -0.3 is 10.2 Å². The average Bonchev–Trinajstić information content (AvgIpc) is 2.71. The van der Waals surface area contributed by atoms with Gasteiger partial charge in [-0.1, -0.05) is 20.8 Å². The van der Waals surface area contributed by atoms with Crippen molar-refractivity contribution in [1.82, 2.24) is 14.7 Å². The summed E-state index contributed by atoms with van der Waals surface area (Å²) < 4.78 is 57.5. The van der Waals surface area contributed by atoms with Crippen LogP contribution in [0.25, 0.3) is 0 Å². The Morgan fingerprint density at radius 2 is 1.97 bits per heavy atom. The minimum absolute atomic E-state index is 0.0749. The van der Waals surface area contributed by atoms with E-state index in [1.165, 1.54) is 24.1 Å². The number of aromatic nitrogens is 2. The number of piperidine rings is 1. The number of alkyl halides is 3. The molecular formula is C20H27F4N5S. The van der Waals surface area contributed by atoms with Crippen molar-refractivity contribution in [2.24, 2.45) is 5.92 Å². The molecule has 0 aliphatic carbocycles. The Balaban J connectivity index is 0.00000155. The number of halogens is 4. The zero-order chi connectivity index (χ0) is 22.3. The number of hydrogen-bond donors (Lipinski definition) is 2. The smallest absolute Gasteiger partial charge is 0.356 e. The summed E-state index contributed by atoms with van der Waals surface area (Å²) >= 11 is 1.25. The van der Waals surface area contributed by atoms with E-state index < -0.39 is 17.6 Å². The van der Waals surface area contributed by atoms with Crippen LogP contribution in [0.4, 0.5) is 35.0 Å². The van der Waals surface area contributed by atoms with Crippen LogP contribution in [0.15, 0.2) is 29.3 Å². The number of nitrogens with one attached hydrogen (secondary N) is 2. The molecule has 2 N–H and O–H groups in total. The Hall–Kier alpha value is -2.07. The standard InChI is InChI=1S/C18H21F4N5S.C2H6/c1-11-4-3-7-27(10-11)16-13(18(20,21)22)9-24-17(26-16)25-15-6-5-12(28-23-2)8-14(15)19;1-2/h5-6,8-9,11,23H,3-4,7,10H2,1-2H3,(H,24,25,26);1-2H3. The van der Waals surface area contributed by atoms with Crippen molar-refractivity contribution in [3.05, 3.63) is 35.8 Å². The van der Waals surface area contributed by atoms with Crippen LogP contribution in [-0.4, -0.2) is 30.1 Å². The fourth-order valence-electron chi connectivity index (χ4n) is 3.15. The van der Waals surface area contributed by atoms with Crippen LogP contribution in [0, 0.1) is 11.7 Å². The molecule has 1 aromatic heterocycles.